The third kappa shape index (κ3) is 7.38. The standard InChI is InChI=1S/C25H12F34/c26-10(27,12(30,31)14(34,35)16(38,39)18(42,43)20(46,47)22(50,51)24(54,55)56)6-4-8-2-1-3-9(8)5-7-11(28,29)13(32,33)15(36,37)17(40,41)19(44,45)21(48,49)23(52,53)25(57,58)59/h1-2H,3-7H2. The summed E-state index contributed by atoms with van der Waals surface area (Å²) in [6, 6.07) is 0. The Balaban J connectivity index is 3.52. The number of halogens is 34. The van der Waals surface area contributed by atoms with Crippen LogP contribution in [-0.4, -0.2) is 95.3 Å². The van der Waals surface area contributed by atoms with Crippen LogP contribution >= 0.6 is 0 Å². The van der Waals surface area contributed by atoms with E-state index in [1.807, 2.05) is 0 Å². The highest BCUT2D eigenvalue weighted by Gasteiger charge is 2.96. The summed E-state index contributed by atoms with van der Waals surface area (Å²) in [6.07, 6.45) is -28.0. The monoisotopic (exact) mass is 958 g/mol. The summed E-state index contributed by atoms with van der Waals surface area (Å²) < 4.78 is 457. The molecule has 1 aliphatic rings. The molecule has 0 N–H and O–H groups in total. The minimum absolute atomic E-state index is 0.132. The van der Waals surface area contributed by atoms with Gasteiger partial charge in [-0.2, -0.15) is 149 Å². The average Bonchev–Trinajstić information content (AvgIpc) is 3.48. The number of alkyl halides is 34. The van der Waals surface area contributed by atoms with Crippen molar-refractivity contribution in [1.29, 1.82) is 0 Å². The molecule has 34 heteroatoms. The molecule has 0 bridgehead atoms. The summed E-state index contributed by atoms with van der Waals surface area (Å²) in [5.41, 5.74) is -2.80. The Morgan fingerprint density at radius 1 is 0.288 bits per heavy atom. The van der Waals surface area contributed by atoms with Gasteiger partial charge >= 0.3 is 95.3 Å². The van der Waals surface area contributed by atoms with E-state index in [0.29, 0.717) is 6.08 Å². The number of allylic oxidation sites excluding steroid dienone is 4. The van der Waals surface area contributed by atoms with E-state index < -0.39 is 139 Å². The van der Waals surface area contributed by atoms with Crippen molar-refractivity contribution < 1.29 is 149 Å². The highest BCUT2D eigenvalue weighted by Crippen LogP contribution is 2.66. The summed E-state index contributed by atoms with van der Waals surface area (Å²) in [7, 11) is 0. The molecular formula is C25H12F34. The number of hydrogen-bond acceptors (Lipinski definition) is 0. The van der Waals surface area contributed by atoms with Crippen LogP contribution in [0, 0.1) is 0 Å². The highest BCUT2D eigenvalue weighted by atomic mass is 19.4. The molecule has 0 heterocycles. The summed E-state index contributed by atoms with van der Waals surface area (Å²) in [5.74, 6) is -119. The molecule has 0 aromatic heterocycles. The van der Waals surface area contributed by atoms with Gasteiger partial charge in [-0.25, -0.2) is 0 Å². The second kappa shape index (κ2) is 14.3. The van der Waals surface area contributed by atoms with E-state index in [0.717, 1.165) is 0 Å². The molecule has 0 radical (unpaired) electrons. The fraction of sp³-hybridized carbons (Fsp3) is 0.840. The first-order chi connectivity index (χ1) is 25.2. The maximum atomic E-state index is 14.2. The second-order valence-electron chi connectivity index (χ2n) is 12.0. The van der Waals surface area contributed by atoms with Gasteiger partial charge < -0.3 is 0 Å². The molecule has 1 aliphatic carbocycles. The smallest absolute Gasteiger partial charge is 0.200 e. The number of hydrogen-bond donors (Lipinski definition) is 0. The van der Waals surface area contributed by atoms with Crippen LogP contribution < -0.4 is 0 Å². The molecule has 0 amide bonds. The van der Waals surface area contributed by atoms with E-state index in [9.17, 15) is 149 Å². The summed E-state index contributed by atoms with van der Waals surface area (Å²) in [5, 5.41) is 0. The lowest BCUT2D eigenvalue weighted by Gasteiger charge is -2.43. The third-order valence-electron chi connectivity index (χ3n) is 8.16. The van der Waals surface area contributed by atoms with Crippen LogP contribution in [0.15, 0.2) is 23.3 Å². The molecule has 1 rings (SSSR count). The molecule has 0 aliphatic heterocycles. The van der Waals surface area contributed by atoms with Gasteiger partial charge in [0.1, 0.15) is 0 Å². The lowest BCUT2D eigenvalue weighted by atomic mass is 9.86. The predicted molar refractivity (Wildman–Crippen MR) is 121 cm³/mol. The van der Waals surface area contributed by atoms with E-state index >= 15 is 0 Å². The normalized spacial score (nSPS) is 17.7. The van der Waals surface area contributed by atoms with Gasteiger partial charge in [-0.3, -0.25) is 0 Å². The highest BCUT2D eigenvalue weighted by molar-refractivity contribution is 5.34. The van der Waals surface area contributed by atoms with Crippen molar-refractivity contribution in [3.05, 3.63) is 23.3 Å². The van der Waals surface area contributed by atoms with Crippen LogP contribution in [0.1, 0.15) is 32.1 Å². The predicted octanol–water partition coefficient (Wildman–Crippen LogP) is 13.8. The van der Waals surface area contributed by atoms with Crippen molar-refractivity contribution >= 4 is 0 Å². The van der Waals surface area contributed by atoms with Crippen LogP contribution in [0.3, 0.4) is 0 Å². The molecular weight excluding hydrogens is 946 g/mol. The molecule has 0 fully saturated rings. The maximum Gasteiger partial charge on any atom is 0.460 e. The van der Waals surface area contributed by atoms with Crippen molar-refractivity contribution in [2.75, 3.05) is 0 Å². The second-order valence-corrected chi connectivity index (χ2v) is 12.0. The van der Waals surface area contributed by atoms with E-state index in [1.54, 1.807) is 0 Å². The van der Waals surface area contributed by atoms with E-state index in [4.69, 9.17) is 0 Å². The van der Waals surface area contributed by atoms with E-state index in [1.165, 1.54) is 0 Å². The van der Waals surface area contributed by atoms with Gasteiger partial charge in [0.25, 0.3) is 0 Å². The summed E-state index contributed by atoms with van der Waals surface area (Å²) >= 11 is 0. The largest absolute Gasteiger partial charge is 0.460 e. The molecule has 0 aromatic carbocycles. The van der Waals surface area contributed by atoms with Crippen LogP contribution in [-0.2, 0) is 0 Å². The first-order valence-electron chi connectivity index (χ1n) is 14.0. The molecule has 350 valence electrons. The maximum absolute atomic E-state index is 14.2. The summed E-state index contributed by atoms with van der Waals surface area (Å²) in [4.78, 5) is 0. The Kier molecular flexibility index (Phi) is 13.1. The van der Waals surface area contributed by atoms with Crippen LogP contribution in [0.2, 0.25) is 0 Å². The first-order valence-corrected chi connectivity index (χ1v) is 14.0. The Morgan fingerprint density at radius 2 is 0.508 bits per heavy atom. The van der Waals surface area contributed by atoms with Gasteiger partial charge in [0, 0.05) is 12.8 Å². The van der Waals surface area contributed by atoms with Crippen molar-refractivity contribution in [3.63, 3.8) is 0 Å². The minimum atomic E-state index is -9.02. The fourth-order valence-electron chi connectivity index (χ4n) is 4.42. The van der Waals surface area contributed by atoms with E-state index in [-0.39, 0.29) is 6.08 Å². The molecule has 0 spiro atoms. The molecule has 0 saturated carbocycles. The third-order valence-corrected chi connectivity index (χ3v) is 8.16. The lowest BCUT2D eigenvalue weighted by Crippen LogP contribution is -2.74. The SMILES string of the molecule is FC(F)(F)C(F)(F)C(F)(F)C(F)(F)C(F)(F)C(F)(F)C(F)(F)C(F)(F)CCC1=C(CCC(F)(F)C(F)(F)C(F)(F)C(F)(F)C(F)(F)C(F)(F)C(F)(F)C(F)(F)F)CC=C1. The molecule has 0 unspecified atom stereocenters. The van der Waals surface area contributed by atoms with Crippen LogP contribution in [0.4, 0.5) is 149 Å². The molecule has 0 atom stereocenters. The molecule has 0 nitrogen and oxygen atoms in total. The average molecular weight is 958 g/mol. The van der Waals surface area contributed by atoms with Gasteiger partial charge in [-0.1, -0.05) is 17.7 Å². The Bertz CT molecular complexity index is 1580. The van der Waals surface area contributed by atoms with Gasteiger partial charge in [-0.05, 0) is 24.8 Å². The Labute approximate surface area is 301 Å². The quantitative estimate of drug-likeness (QED) is 0.120. The first kappa shape index (κ1) is 54.1. The molecule has 59 heavy (non-hydrogen) atoms. The fourth-order valence-corrected chi connectivity index (χ4v) is 4.42. The molecule has 0 saturated heterocycles. The molecule has 0 aromatic rings. The van der Waals surface area contributed by atoms with Gasteiger partial charge in [0.2, 0.25) is 0 Å². The van der Waals surface area contributed by atoms with Crippen LogP contribution in [0.5, 0.6) is 0 Å². The zero-order valence-corrected chi connectivity index (χ0v) is 26.5. The van der Waals surface area contributed by atoms with Crippen molar-refractivity contribution in [2.24, 2.45) is 0 Å². The van der Waals surface area contributed by atoms with Gasteiger partial charge in [0.15, 0.2) is 0 Å². The Morgan fingerprint density at radius 3 is 0.763 bits per heavy atom. The van der Waals surface area contributed by atoms with Crippen molar-refractivity contribution in [3.8, 4) is 0 Å². The number of rotatable bonds is 18. The Hall–Kier alpha value is -2.90. The zero-order chi connectivity index (χ0) is 48.1. The topological polar surface area (TPSA) is 0 Å². The van der Waals surface area contributed by atoms with Gasteiger partial charge in [0.05, 0.1) is 0 Å². The van der Waals surface area contributed by atoms with E-state index in [2.05, 4.69) is 0 Å². The van der Waals surface area contributed by atoms with Crippen molar-refractivity contribution in [2.45, 2.75) is 127 Å². The summed E-state index contributed by atoms with van der Waals surface area (Å²) in [6.45, 7) is 0. The van der Waals surface area contributed by atoms with Crippen molar-refractivity contribution in [1.82, 2.24) is 0 Å². The van der Waals surface area contributed by atoms with Crippen LogP contribution in [0.25, 0.3) is 0 Å². The minimum Gasteiger partial charge on any atom is -0.200 e. The van der Waals surface area contributed by atoms with Gasteiger partial charge in [-0.15, -0.1) is 0 Å². The zero-order valence-electron chi connectivity index (χ0n) is 26.5. The lowest BCUT2D eigenvalue weighted by molar-refractivity contribution is -0.461.